The van der Waals surface area contributed by atoms with E-state index in [1.807, 2.05) is 85.5 Å². The number of para-hydroxylation sites is 1. The molecule has 4 fully saturated rings. The number of carbonyl (C=O) groups is 2. The van der Waals surface area contributed by atoms with Gasteiger partial charge in [-0.05, 0) is 93.3 Å². The Hall–Kier alpha value is -4.13. The molecule has 0 spiro atoms. The van der Waals surface area contributed by atoms with Gasteiger partial charge in [0.1, 0.15) is 17.9 Å². The largest absolute Gasteiger partial charge is 0.496 e. The first-order valence-electron chi connectivity index (χ1n) is 22.4. The van der Waals surface area contributed by atoms with Gasteiger partial charge in [-0.2, -0.15) is 5.06 Å². The highest BCUT2D eigenvalue weighted by Gasteiger charge is 2.58. The van der Waals surface area contributed by atoms with E-state index in [1.165, 1.54) is 0 Å². The molecule has 1 saturated heterocycles. The number of nitrogens with zero attached hydrogens (tertiary/aromatic N) is 3. The third-order valence-electron chi connectivity index (χ3n) is 14.1. The van der Waals surface area contributed by atoms with Crippen molar-refractivity contribution in [2.45, 2.75) is 96.5 Å². The predicted octanol–water partition coefficient (Wildman–Crippen LogP) is 3.79. The molecule has 3 saturated carbocycles. The van der Waals surface area contributed by atoms with Gasteiger partial charge >= 0.3 is 0 Å². The van der Waals surface area contributed by atoms with Gasteiger partial charge in [0.2, 0.25) is 15.9 Å². The van der Waals surface area contributed by atoms with Gasteiger partial charge in [0, 0.05) is 54.5 Å². The fourth-order valence-electron chi connectivity index (χ4n) is 10.6. The van der Waals surface area contributed by atoms with Crippen molar-refractivity contribution in [2.24, 2.45) is 29.1 Å². The lowest BCUT2D eigenvalue weighted by Gasteiger charge is -2.62. The molecule has 2 bridgehead atoms. The second kappa shape index (κ2) is 20.2. The van der Waals surface area contributed by atoms with Crippen LogP contribution in [-0.4, -0.2) is 136 Å². The van der Waals surface area contributed by atoms with Crippen molar-refractivity contribution in [2.75, 3.05) is 59.1 Å². The molecule has 1 aliphatic heterocycles. The molecule has 1 heterocycles. The van der Waals surface area contributed by atoms with Crippen molar-refractivity contribution in [3.05, 3.63) is 83.4 Å². The summed E-state index contributed by atoms with van der Waals surface area (Å²) in [5.74, 6) is 0.335. The van der Waals surface area contributed by atoms with Crippen LogP contribution in [0, 0.1) is 29.1 Å². The van der Waals surface area contributed by atoms with E-state index in [9.17, 15) is 33.3 Å². The van der Waals surface area contributed by atoms with Crippen LogP contribution in [0.4, 0.5) is 5.69 Å². The summed E-state index contributed by atoms with van der Waals surface area (Å²) in [7, 11) is 3.35. The number of methoxy groups -OCH3 is 1. The quantitative estimate of drug-likeness (QED) is 0.102. The summed E-state index contributed by atoms with van der Waals surface area (Å²) < 4.78 is 34.2. The van der Waals surface area contributed by atoms with Crippen LogP contribution >= 0.6 is 0 Å². The molecule has 7 rings (SSSR count). The van der Waals surface area contributed by atoms with E-state index in [1.54, 1.807) is 38.2 Å². The average Bonchev–Trinajstić information content (AvgIpc) is 3.62. The number of aliphatic hydroxyl groups is 3. The topological polar surface area (TPSA) is 193 Å². The Bertz CT molecular complexity index is 2210. The smallest absolute Gasteiger partial charge is 0.251 e. The summed E-state index contributed by atoms with van der Waals surface area (Å²) in [5.41, 5.74) is 3.76. The summed E-state index contributed by atoms with van der Waals surface area (Å²) in [6.45, 7) is 10.6. The van der Waals surface area contributed by atoms with Crippen LogP contribution in [0.1, 0.15) is 75.0 Å². The Morgan fingerprint density at radius 2 is 1.70 bits per heavy atom. The second-order valence-electron chi connectivity index (χ2n) is 19.3. The number of nitrogens with one attached hydrogen (secondary N) is 3. The zero-order valence-corrected chi connectivity index (χ0v) is 39.8. The number of aliphatic hydroxyl groups excluding tert-OH is 3. The number of likely N-dealkylation sites (N-methyl/N-ethyl adjacent to an activating group) is 2. The van der Waals surface area contributed by atoms with Crippen LogP contribution in [0.2, 0.25) is 0 Å². The maximum absolute atomic E-state index is 14.5. The molecule has 4 aliphatic rings. The number of ether oxygens (including phenoxy) is 1. The number of carbonyl (C=O) groups excluding carboxylic acids is 2. The maximum atomic E-state index is 14.5. The SMILES string of the molecule is COc1c(CN2OC([C@@H](C)O)[C@@H]([C@H](C)O)[C@H]2C(=O)N[C@H]2C[C@H]3C[C@@H]([C@@H]2C)C3(C)C)cccc1-c1cc(C(=O)NC(CN(C)C)[C@@H](NS(C)(=O)=O)c2ccccc2)cc(N(C)CCO)c1. The first-order valence-corrected chi connectivity index (χ1v) is 24.2. The number of fused-ring (bicyclic) bond motifs is 2. The van der Waals surface area contributed by atoms with Gasteiger partial charge < -0.3 is 40.5 Å². The fourth-order valence-corrected chi connectivity index (χ4v) is 11.3. The van der Waals surface area contributed by atoms with Crippen LogP contribution < -0.4 is 25.0 Å². The van der Waals surface area contributed by atoms with Gasteiger partial charge in [-0.1, -0.05) is 69.3 Å². The summed E-state index contributed by atoms with van der Waals surface area (Å²) in [6, 6.07) is 17.6. The first kappa shape index (κ1) is 49.3. The average molecular weight is 907 g/mol. The molecule has 11 atom stereocenters. The minimum Gasteiger partial charge on any atom is -0.496 e. The second-order valence-corrected chi connectivity index (χ2v) is 21.0. The summed E-state index contributed by atoms with van der Waals surface area (Å²) >= 11 is 0. The number of rotatable bonds is 19. The van der Waals surface area contributed by atoms with Crippen LogP contribution in [0.3, 0.4) is 0 Å². The van der Waals surface area contributed by atoms with E-state index < -0.39 is 58.3 Å². The Labute approximate surface area is 379 Å². The summed E-state index contributed by atoms with van der Waals surface area (Å²) in [4.78, 5) is 39.1. The maximum Gasteiger partial charge on any atom is 0.251 e. The molecule has 0 aromatic heterocycles. The standard InChI is InChI=1S/C48H70N6O9S/c1-28-38-24-35(48(38,4)5)25-39(28)49-47(59)43-41(29(2)56)44(30(3)57)63-54(43)26-32-17-14-18-37(45(32)62-9)33-21-34(23-36(22-33)53(8)19-20-55)46(58)50-40(27-52(6)7)42(51-64(10,60)61)31-15-12-11-13-16-31/h11-18,21-23,28-30,35,38-44,51,55-57H,19-20,24-27H2,1-10H3,(H,49,59)(H,50,58)/t28-,29-,30+,35+,38-,39-,40?,41-,42-,43-,44?/m0/s1. The minimum absolute atomic E-state index is 0.0230. The zero-order valence-electron chi connectivity index (χ0n) is 39.0. The molecular formula is C48H70N6O9S. The molecule has 0 radical (unpaired) electrons. The normalized spacial score (nSPS) is 26.1. The van der Waals surface area contributed by atoms with Gasteiger partial charge in [-0.15, -0.1) is 0 Å². The fraction of sp³-hybridized carbons (Fsp3) is 0.583. The van der Waals surface area contributed by atoms with E-state index in [2.05, 4.69) is 36.1 Å². The lowest BCUT2D eigenvalue weighted by molar-refractivity contribution is -0.193. The number of hydrogen-bond acceptors (Lipinski definition) is 12. The van der Waals surface area contributed by atoms with Crippen molar-refractivity contribution >= 4 is 27.5 Å². The van der Waals surface area contributed by atoms with Crippen LogP contribution in [0.25, 0.3) is 11.1 Å². The highest BCUT2D eigenvalue weighted by molar-refractivity contribution is 7.88. The number of sulfonamides is 1. The number of anilines is 1. The van der Waals surface area contributed by atoms with Crippen molar-refractivity contribution < 1.29 is 42.9 Å². The minimum atomic E-state index is -3.70. The Kier molecular flexibility index (Phi) is 15.5. The first-order chi connectivity index (χ1) is 30.1. The molecule has 6 N–H and O–H groups in total. The number of benzene rings is 3. The van der Waals surface area contributed by atoms with E-state index in [0.717, 1.165) is 19.1 Å². The van der Waals surface area contributed by atoms with Crippen LogP contribution in [-0.2, 0) is 26.2 Å². The highest BCUT2D eigenvalue weighted by Crippen LogP contribution is 2.61. The molecule has 3 aromatic rings. The van der Waals surface area contributed by atoms with Crippen molar-refractivity contribution in [1.82, 2.24) is 25.3 Å². The van der Waals surface area contributed by atoms with Crippen molar-refractivity contribution in [3.63, 3.8) is 0 Å². The lowest BCUT2D eigenvalue weighted by Crippen LogP contribution is -2.62. The van der Waals surface area contributed by atoms with Crippen molar-refractivity contribution in [1.29, 1.82) is 0 Å². The van der Waals surface area contributed by atoms with E-state index in [4.69, 9.17) is 9.57 Å². The van der Waals surface area contributed by atoms with Crippen molar-refractivity contribution in [3.8, 4) is 16.9 Å². The van der Waals surface area contributed by atoms with E-state index >= 15 is 0 Å². The van der Waals surface area contributed by atoms with Gasteiger partial charge in [0.05, 0.1) is 50.8 Å². The summed E-state index contributed by atoms with van der Waals surface area (Å²) in [6.07, 6.45) is 0.320. The van der Waals surface area contributed by atoms with Gasteiger partial charge in [0.15, 0.2) is 0 Å². The summed E-state index contributed by atoms with van der Waals surface area (Å²) in [5, 5.41) is 40.0. The van der Waals surface area contributed by atoms with Gasteiger partial charge in [-0.3, -0.25) is 14.4 Å². The van der Waals surface area contributed by atoms with E-state index in [0.29, 0.717) is 52.1 Å². The monoisotopic (exact) mass is 906 g/mol. The van der Waals surface area contributed by atoms with Gasteiger partial charge in [0.25, 0.3) is 5.91 Å². The molecule has 3 aliphatic carbocycles. The van der Waals surface area contributed by atoms with E-state index in [-0.39, 0.29) is 48.5 Å². The predicted molar refractivity (Wildman–Crippen MR) is 248 cm³/mol. The molecule has 16 heteroatoms. The molecule has 2 amide bonds. The third-order valence-corrected chi connectivity index (χ3v) is 14.8. The number of amides is 2. The molecule has 3 aromatic carbocycles. The molecule has 2 unspecified atom stereocenters. The lowest BCUT2D eigenvalue weighted by atomic mass is 9.45. The molecule has 352 valence electrons. The Morgan fingerprint density at radius 3 is 2.28 bits per heavy atom. The zero-order chi connectivity index (χ0) is 46.8. The number of hydroxylamine groups is 2. The van der Waals surface area contributed by atoms with Crippen LogP contribution in [0.5, 0.6) is 5.75 Å². The Balaban J connectivity index is 1.35. The van der Waals surface area contributed by atoms with Crippen LogP contribution in [0.15, 0.2) is 66.7 Å². The molecule has 15 nitrogen and oxygen atoms in total. The van der Waals surface area contributed by atoms with Gasteiger partial charge in [-0.25, -0.2) is 13.1 Å². The Morgan fingerprint density at radius 1 is 1.00 bits per heavy atom. The third kappa shape index (κ3) is 10.8. The number of hydrogen-bond donors (Lipinski definition) is 6. The molecule has 64 heavy (non-hydrogen) atoms. The highest BCUT2D eigenvalue weighted by atomic mass is 32.2. The molecular weight excluding hydrogens is 837 g/mol.